The van der Waals surface area contributed by atoms with Gasteiger partial charge in [-0.3, -0.25) is 9.69 Å². The maximum Gasteiger partial charge on any atom is 0.243 e. The molecule has 1 aromatic heterocycles. The molecule has 1 N–H and O–H groups in total. The largest absolute Gasteiger partial charge is 0.497 e. The lowest BCUT2D eigenvalue weighted by molar-refractivity contribution is -0.121. The van der Waals surface area contributed by atoms with Gasteiger partial charge in [0.05, 0.1) is 31.8 Å². The number of benzene rings is 2. The minimum Gasteiger partial charge on any atom is -0.497 e. The zero-order chi connectivity index (χ0) is 26.5. The molecule has 0 atom stereocenters. The van der Waals surface area contributed by atoms with Crippen LogP contribution in [0.1, 0.15) is 24.1 Å². The maximum absolute atomic E-state index is 13.5. The Labute approximate surface area is 224 Å². The summed E-state index contributed by atoms with van der Waals surface area (Å²) in [5.41, 5.74) is 3.18. The molecular formula is C28H36N4O5S. The highest BCUT2D eigenvalue weighted by Gasteiger charge is 2.32. The number of amides is 1. The van der Waals surface area contributed by atoms with E-state index in [0.717, 1.165) is 55.9 Å². The first-order valence-corrected chi connectivity index (χ1v) is 14.7. The fourth-order valence-corrected chi connectivity index (χ4v) is 6.79. The van der Waals surface area contributed by atoms with Crippen molar-refractivity contribution < 1.29 is 22.7 Å². The van der Waals surface area contributed by atoms with Crippen molar-refractivity contribution in [3.63, 3.8) is 0 Å². The molecule has 0 unspecified atom stereocenters. The monoisotopic (exact) mass is 540 g/mol. The Hall–Kier alpha value is -2.92. The number of nitrogens with zero attached hydrogens (tertiary/aromatic N) is 3. The van der Waals surface area contributed by atoms with Gasteiger partial charge in [0, 0.05) is 55.7 Å². The van der Waals surface area contributed by atoms with Crippen LogP contribution in [0.5, 0.6) is 5.75 Å². The second-order valence-corrected chi connectivity index (χ2v) is 11.7. The number of fused-ring (bicyclic) bond motifs is 3. The number of rotatable bonds is 10. The number of sulfonamides is 1. The van der Waals surface area contributed by atoms with Crippen molar-refractivity contribution in [3.05, 3.63) is 59.8 Å². The summed E-state index contributed by atoms with van der Waals surface area (Å²) in [7, 11) is -2.11. The Balaban J connectivity index is 1.26. The first kappa shape index (κ1) is 26.7. The molecule has 0 radical (unpaired) electrons. The van der Waals surface area contributed by atoms with Gasteiger partial charge in [-0.15, -0.1) is 0 Å². The van der Waals surface area contributed by atoms with Crippen molar-refractivity contribution in [2.45, 2.75) is 37.2 Å². The summed E-state index contributed by atoms with van der Waals surface area (Å²) in [6.45, 7) is 6.25. The summed E-state index contributed by atoms with van der Waals surface area (Å²) in [6.07, 6.45) is 1.88. The standard InChI is InChI=1S/C28H36N4O5S/c1-36-22-7-9-23(10-8-22)38(34,35)31-15-11-25-24-5-2-3-6-26(24)32(27(25)21-31)16-12-28(33)29-13-4-14-30-17-19-37-20-18-30/h2-3,5-10H,4,11-21H2,1H3,(H,29,33). The number of morpholine rings is 1. The Morgan fingerprint density at radius 1 is 1.03 bits per heavy atom. The average molecular weight is 541 g/mol. The molecule has 3 aromatic rings. The van der Waals surface area contributed by atoms with E-state index >= 15 is 0 Å². The van der Waals surface area contributed by atoms with Crippen LogP contribution in [0.4, 0.5) is 0 Å². The Morgan fingerprint density at radius 2 is 1.79 bits per heavy atom. The number of para-hydroxylation sites is 1. The van der Waals surface area contributed by atoms with Crippen LogP contribution in [0, 0.1) is 0 Å². The van der Waals surface area contributed by atoms with Crippen molar-refractivity contribution in [3.8, 4) is 5.75 Å². The molecule has 0 saturated carbocycles. The fourth-order valence-electron chi connectivity index (χ4n) is 5.38. The number of carbonyl (C=O) groups excluding carboxylic acids is 1. The first-order valence-electron chi connectivity index (χ1n) is 13.3. The van der Waals surface area contributed by atoms with Gasteiger partial charge in [-0.2, -0.15) is 4.31 Å². The zero-order valence-electron chi connectivity index (χ0n) is 21.9. The molecule has 204 valence electrons. The summed E-state index contributed by atoms with van der Waals surface area (Å²) in [6, 6.07) is 14.6. The van der Waals surface area contributed by atoms with Gasteiger partial charge >= 0.3 is 0 Å². The molecule has 5 rings (SSSR count). The SMILES string of the molecule is COc1ccc(S(=O)(=O)N2CCc3c(n(CCC(=O)NCCCN4CCOCC4)c4ccccc34)C2)cc1. The maximum atomic E-state index is 13.5. The van der Waals surface area contributed by atoms with Crippen LogP contribution < -0.4 is 10.1 Å². The van der Waals surface area contributed by atoms with E-state index in [2.05, 4.69) is 26.9 Å². The second-order valence-electron chi connectivity index (χ2n) is 9.77. The van der Waals surface area contributed by atoms with E-state index in [0.29, 0.717) is 38.2 Å². The molecule has 0 aliphatic carbocycles. The number of aryl methyl sites for hydroxylation is 1. The molecule has 2 aromatic carbocycles. The van der Waals surface area contributed by atoms with E-state index in [4.69, 9.17) is 9.47 Å². The van der Waals surface area contributed by atoms with Gasteiger partial charge in [0.15, 0.2) is 0 Å². The summed E-state index contributed by atoms with van der Waals surface area (Å²) >= 11 is 0. The van der Waals surface area contributed by atoms with Gasteiger partial charge in [-0.25, -0.2) is 8.42 Å². The van der Waals surface area contributed by atoms with Crippen molar-refractivity contribution >= 4 is 26.8 Å². The number of carbonyl (C=O) groups is 1. The lowest BCUT2D eigenvalue weighted by Crippen LogP contribution is -2.38. The molecular weight excluding hydrogens is 504 g/mol. The molecule has 1 saturated heterocycles. The van der Waals surface area contributed by atoms with E-state index in [1.54, 1.807) is 31.4 Å². The van der Waals surface area contributed by atoms with Gasteiger partial charge in [0.25, 0.3) is 0 Å². The molecule has 38 heavy (non-hydrogen) atoms. The highest BCUT2D eigenvalue weighted by molar-refractivity contribution is 7.89. The highest BCUT2D eigenvalue weighted by atomic mass is 32.2. The molecule has 9 nitrogen and oxygen atoms in total. The van der Waals surface area contributed by atoms with Gasteiger partial charge in [0.1, 0.15) is 5.75 Å². The minimum atomic E-state index is -3.67. The van der Waals surface area contributed by atoms with Crippen LogP contribution >= 0.6 is 0 Å². The van der Waals surface area contributed by atoms with Gasteiger partial charge < -0.3 is 19.4 Å². The van der Waals surface area contributed by atoms with Gasteiger partial charge in [-0.05, 0) is 55.3 Å². The molecule has 0 bridgehead atoms. The van der Waals surface area contributed by atoms with Crippen LogP contribution in [0.3, 0.4) is 0 Å². The Bertz CT molecular complexity index is 1360. The van der Waals surface area contributed by atoms with Crippen molar-refractivity contribution in [1.29, 1.82) is 0 Å². The van der Waals surface area contributed by atoms with E-state index in [1.165, 1.54) is 9.87 Å². The topological polar surface area (TPSA) is 93.1 Å². The predicted molar refractivity (Wildman–Crippen MR) is 146 cm³/mol. The predicted octanol–water partition coefficient (Wildman–Crippen LogP) is 2.63. The number of aromatic nitrogens is 1. The molecule has 2 aliphatic rings. The third-order valence-corrected chi connectivity index (χ3v) is 9.33. The summed E-state index contributed by atoms with van der Waals surface area (Å²) in [4.78, 5) is 15.3. The van der Waals surface area contributed by atoms with Gasteiger partial charge in [0.2, 0.25) is 15.9 Å². The van der Waals surface area contributed by atoms with Gasteiger partial charge in [-0.1, -0.05) is 18.2 Å². The molecule has 1 fully saturated rings. The Morgan fingerprint density at radius 3 is 2.55 bits per heavy atom. The van der Waals surface area contributed by atoms with E-state index in [1.807, 2.05) is 12.1 Å². The lowest BCUT2D eigenvalue weighted by atomic mass is 10.0. The third-order valence-electron chi connectivity index (χ3n) is 7.47. The number of methoxy groups -OCH3 is 1. The summed E-state index contributed by atoms with van der Waals surface area (Å²) < 4.78 is 41.1. The minimum absolute atomic E-state index is 0.0111. The zero-order valence-corrected chi connectivity index (χ0v) is 22.7. The van der Waals surface area contributed by atoms with E-state index in [9.17, 15) is 13.2 Å². The van der Waals surface area contributed by atoms with Crippen LogP contribution in [0.2, 0.25) is 0 Å². The number of hydrogen-bond acceptors (Lipinski definition) is 6. The average Bonchev–Trinajstić information content (AvgIpc) is 3.27. The van der Waals surface area contributed by atoms with E-state index in [-0.39, 0.29) is 17.3 Å². The first-order chi connectivity index (χ1) is 18.5. The molecule has 1 amide bonds. The van der Waals surface area contributed by atoms with E-state index < -0.39 is 10.0 Å². The Kier molecular flexibility index (Phi) is 8.32. The number of hydrogen-bond donors (Lipinski definition) is 1. The van der Waals surface area contributed by atoms with Crippen LogP contribution in [0.25, 0.3) is 10.9 Å². The lowest BCUT2D eigenvalue weighted by Gasteiger charge is -2.28. The molecule has 10 heteroatoms. The smallest absolute Gasteiger partial charge is 0.243 e. The molecule has 0 spiro atoms. The van der Waals surface area contributed by atoms with Crippen molar-refractivity contribution in [1.82, 2.24) is 19.1 Å². The second kappa shape index (κ2) is 11.9. The third kappa shape index (κ3) is 5.73. The van der Waals surface area contributed by atoms with Crippen LogP contribution in [-0.4, -0.2) is 81.1 Å². The van der Waals surface area contributed by atoms with Crippen molar-refractivity contribution in [2.24, 2.45) is 0 Å². The normalized spacial score (nSPS) is 16.9. The highest BCUT2D eigenvalue weighted by Crippen LogP contribution is 2.33. The van der Waals surface area contributed by atoms with Crippen LogP contribution in [-0.2, 0) is 39.1 Å². The molecule has 2 aliphatic heterocycles. The fraction of sp³-hybridized carbons (Fsp3) is 0.464. The number of nitrogens with one attached hydrogen (secondary N) is 1. The van der Waals surface area contributed by atoms with Crippen molar-refractivity contribution in [2.75, 3.05) is 53.0 Å². The quantitative estimate of drug-likeness (QED) is 0.398. The molecule has 3 heterocycles. The van der Waals surface area contributed by atoms with Crippen LogP contribution in [0.15, 0.2) is 53.4 Å². The summed E-state index contributed by atoms with van der Waals surface area (Å²) in [5.74, 6) is 0.626. The number of ether oxygens (including phenoxy) is 2. The summed E-state index contributed by atoms with van der Waals surface area (Å²) in [5, 5.41) is 4.18.